The molecular formula is C19H17N3O. The van der Waals surface area contributed by atoms with E-state index < -0.39 is 0 Å². The number of nitrogens with zero attached hydrogens (tertiary/aromatic N) is 2. The average molecular weight is 303 g/mol. The maximum Gasteiger partial charge on any atom is 0.173 e. The number of carbonyl (C=O) groups excluding carboxylic acids is 1. The second kappa shape index (κ2) is 4.92. The molecule has 0 saturated heterocycles. The molecule has 4 heteroatoms. The number of H-pyrrole nitrogens is 1. The van der Waals surface area contributed by atoms with Gasteiger partial charge in [-0.3, -0.25) is 9.89 Å². The number of nitrogens with one attached hydrogen (secondary N) is 1. The molecule has 0 spiro atoms. The Morgan fingerprint density at radius 2 is 2.13 bits per heavy atom. The average Bonchev–Trinajstić information content (AvgIpc) is 3.01. The first-order valence-electron chi connectivity index (χ1n) is 7.93. The number of rotatable bonds is 1. The molecule has 2 aliphatic rings. The molecule has 4 rings (SSSR count). The van der Waals surface area contributed by atoms with Gasteiger partial charge in [-0.15, -0.1) is 0 Å². The number of carbonyl (C=O) groups is 1. The molecule has 0 saturated carbocycles. The molecule has 114 valence electrons. The van der Waals surface area contributed by atoms with Crippen molar-refractivity contribution in [2.75, 3.05) is 0 Å². The van der Waals surface area contributed by atoms with Crippen LogP contribution >= 0.6 is 0 Å². The van der Waals surface area contributed by atoms with Crippen LogP contribution in [-0.2, 0) is 16.6 Å². The minimum Gasteiger partial charge on any atom is -0.293 e. The molecule has 0 bridgehead atoms. The van der Waals surface area contributed by atoms with Gasteiger partial charge < -0.3 is 0 Å². The predicted octanol–water partition coefficient (Wildman–Crippen LogP) is 3.32. The number of ketones is 1. The summed E-state index contributed by atoms with van der Waals surface area (Å²) in [6.45, 7) is 2.11. The van der Waals surface area contributed by atoms with E-state index in [-0.39, 0.29) is 22.7 Å². The summed E-state index contributed by atoms with van der Waals surface area (Å²) in [6.07, 6.45) is 4.16. The fraction of sp³-hybridized carbons (Fsp3) is 0.316. The maximum absolute atomic E-state index is 12.0. The van der Waals surface area contributed by atoms with Gasteiger partial charge in [-0.2, -0.15) is 10.4 Å². The van der Waals surface area contributed by atoms with Crippen molar-refractivity contribution < 1.29 is 4.79 Å². The molecule has 0 radical (unpaired) electrons. The third-order valence-electron chi connectivity index (χ3n) is 5.33. The Bertz CT molecular complexity index is 856. The van der Waals surface area contributed by atoms with Crippen LogP contribution in [0.25, 0.3) is 11.3 Å². The largest absolute Gasteiger partial charge is 0.293 e. The van der Waals surface area contributed by atoms with Crippen molar-refractivity contribution in [3.8, 4) is 17.3 Å². The first kappa shape index (κ1) is 14.0. The van der Waals surface area contributed by atoms with Crippen LogP contribution in [0, 0.1) is 17.2 Å². The Labute approximate surface area is 134 Å². The van der Waals surface area contributed by atoms with Gasteiger partial charge in [-0.25, -0.2) is 0 Å². The standard InChI is InChI=1S/C19H17N3O/c1-19-10-13(11-20)16(23)9-14(19)7-8-15-17(21-22-18(15)19)12-5-3-2-4-6-12/h2-6,10,14H,7-9H2,1H3,(H,21,22)/t14-,19-/m0/s1. The van der Waals surface area contributed by atoms with Gasteiger partial charge in [0, 0.05) is 17.4 Å². The molecule has 0 aliphatic heterocycles. The number of aromatic amines is 1. The zero-order valence-corrected chi connectivity index (χ0v) is 13.0. The Kier molecular flexibility index (Phi) is 2.99. The second-order valence-corrected chi connectivity index (χ2v) is 6.61. The molecule has 1 aromatic carbocycles. The highest BCUT2D eigenvalue weighted by atomic mass is 16.1. The monoisotopic (exact) mass is 303 g/mol. The van der Waals surface area contributed by atoms with E-state index in [9.17, 15) is 10.1 Å². The molecular weight excluding hydrogens is 286 g/mol. The Balaban J connectivity index is 1.87. The molecule has 0 unspecified atom stereocenters. The van der Waals surface area contributed by atoms with Crippen molar-refractivity contribution in [2.45, 2.75) is 31.6 Å². The summed E-state index contributed by atoms with van der Waals surface area (Å²) in [5.41, 5.74) is 4.34. The van der Waals surface area contributed by atoms with Crippen LogP contribution in [0.15, 0.2) is 42.0 Å². The topological polar surface area (TPSA) is 69.5 Å². The highest BCUT2D eigenvalue weighted by molar-refractivity contribution is 6.00. The molecule has 4 nitrogen and oxygen atoms in total. The molecule has 1 aromatic heterocycles. The molecule has 1 N–H and O–H groups in total. The Morgan fingerprint density at radius 3 is 2.87 bits per heavy atom. The summed E-state index contributed by atoms with van der Waals surface area (Å²) in [5, 5.41) is 17.0. The lowest BCUT2D eigenvalue weighted by molar-refractivity contribution is -0.117. The molecule has 2 aromatic rings. The van der Waals surface area contributed by atoms with E-state index in [4.69, 9.17) is 0 Å². The van der Waals surface area contributed by atoms with Crippen molar-refractivity contribution in [1.82, 2.24) is 10.2 Å². The van der Waals surface area contributed by atoms with E-state index in [0.29, 0.717) is 6.42 Å². The van der Waals surface area contributed by atoms with Gasteiger partial charge in [0.2, 0.25) is 0 Å². The quantitative estimate of drug-likeness (QED) is 0.878. The van der Waals surface area contributed by atoms with E-state index in [1.54, 1.807) is 0 Å². The predicted molar refractivity (Wildman–Crippen MR) is 86.5 cm³/mol. The van der Waals surface area contributed by atoms with Crippen molar-refractivity contribution in [2.24, 2.45) is 5.92 Å². The minimum atomic E-state index is -0.337. The van der Waals surface area contributed by atoms with Gasteiger partial charge in [0.1, 0.15) is 6.07 Å². The lowest BCUT2D eigenvalue weighted by atomic mass is 9.61. The molecule has 1 heterocycles. The number of hydrogen-bond acceptors (Lipinski definition) is 3. The first-order valence-corrected chi connectivity index (χ1v) is 7.93. The first-order chi connectivity index (χ1) is 11.1. The summed E-state index contributed by atoms with van der Waals surface area (Å²) < 4.78 is 0. The van der Waals surface area contributed by atoms with Crippen molar-refractivity contribution in [1.29, 1.82) is 5.26 Å². The van der Waals surface area contributed by atoms with Crippen LogP contribution in [0.3, 0.4) is 0 Å². The zero-order chi connectivity index (χ0) is 16.0. The lowest BCUT2D eigenvalue weighted by Crippen LogP contribution is -2.40. The third-order valence-corrected chi connectivity index (χ3v) is 5.33. The van der Waals surface area contributed by atoms with E-state index in [1.165, 1.54) is 5.56 Å². The minimum absolute atomic E-state index is 0.0303. The molecule has 2 atom stereocenters. The number of benzene rings is 1. The van der Waals surface area contributed by atoms with Crippen LogP contribution in [-0.4, -0.2) is 16.0 Å². The van der Waals surface area contributed by atoms with Crippen LogP contribution in [0.1, 0.15) is 31.0 Å². The molecule has 23 heavy (non-hydrogen) atoms. The second-order valence-electron chi connectivity index (χ2n) is 6.61. The van der Waals surface area contributed by atoms with E-state index in [1.807, 2.05) is 24.3 Å². The zero-order valence-electron chi connectivity index (χ0n) is 13.0. The Morgan fingerprint density at radius 1 is 1.35 bits per heavy atom. The summed E-state index contributed by atoms with van der Waals surface area (Å²) >= 11 is 0. The number of hydrogen-bond donors (Lipinski definition) is 1. The van der Waals surface area contributed by atoms with Crippen LogP contribution in [0.4, 0.5) is 0 Å². The van der Waals surface area contributed by atoms with Crippen molar-refractivity contribution >= 4 is 5.78 Å². The molecule has 0 amide bonds. The lowest BCUT2D eigenvalue weighted by Gasteiger charge is -2.40. The summed E-state index contributed by atoms with van der Waals surface area (Å²) in [7, 11) is 0. The van der Waals surface area contributed by atoms with E-state index in [0.717, 1.165) is 29.8 Å². The van der Waals surface area contributed by atoms with Crippen LogP contribution in [0.2, 0.25) is 0 Å². The van der Waals surface area contributed by atoms with Crippen molar-refractivity contribution in [3.63, 3.8) is 0 Å². The van der Waals surface area contributed by atoms with Gasteiger partial charge in [-0.1, -0.05) is 43.3 Å². The summed E-state index contributed by atoms with van der Waals surface area (Å²) in [6, 6.07) is 12.2. The van der Waals surface area contributed by atoms with Gasteiger partial charge in [0.25, 0.3) is 0 Å². The fourth-order valence-electron chi connectivity index (χ4n) is 4.02. The van der Waals surface area contributed by atoms with Crippen molar-refractivity contribution in [3.05, 3.63) is 53.2 Å². The normalized spacial score (nSPS) is 26.0. The van der Waals surface area contributed by atoms with Gasteiger partial charge in [-0.05, 0) is 24.3 Å². The number of nitriles is 1. The third kappa shape index (κ3) is 1.97. The highest BCUT2D eigenvalue weighted by Gasteiger charge is 2.46. The number of Topliss-reactive ketones (excluding diaryl/α,β-unsaturated/α-hetero) is 1. The molecule has 0 fully saturated rings. The maximum atomic E-state index is 12.0. The smallest absolute Gasteiger partial charge is 0.173 e. The van der Waals surface area contributed by atoms with Crippen LogP contribution in [0.5, 0.6) is 0 Å². The van der Waals surface area contributed by atoms with Gasteiger partial charge in [0.05, 0.1) is 17.0 Å². The van der Waals surface area contributed by atoms with E-state index >= 15 is 0 Å². The van der Waals surface area contributed by atoms with E-state index in [2.05, 4.69) is 35.3 Å². The summed E-state index contributed by atoms with van der Waals surface area (Å²) in [4.78, 5) is 12.0. The fourth-order valence-corrected chi connectivity index (χ4v) is 4.02. The number of fused-ring (bicyclic) bond motifs is 3. The number of aromatic nitrogens is 2. The molecule has 2 aliphatic carbocycles. The summed E-state index contributed by atoms with van der Waals surface area (Å²) in [5.74, 6) is 0.198. The van der Waals surface area contributed by atoms with Gasteiger partial charge in [0.15, 0.2) is 5.78 Å². The SMILES string of the molecule is C[C@]12C=C(C#N)C(=O)C[C@@H]1CCc1c2n[nH]c1-c1ccccc1. The number of allylic oxidation sites excluding steroid dienone is 2. The van der Waals surface area contributed by atoms with Crippen LogP contribution < -0.4 is 0 Å². The highest BCUT2D eigenvalue weighted by Crippen LogP contribution is 2.48. The Hall–Kier alpha value is -2.67. The van der Waals surface area contributed by atoms with Gasteiger partial charge >= 0.3 is 0 Å².